The first-order valence-corrected chi connectivity index (χ1v) is 7.74. The zero-order valence-electron chi connectivity index (χ0n) is 12.9. The highest BCUT2D eigenvalue weighted by molar-refractivity contribution is 5.93. The average molecular weight is 291 g/mol. The van der Waals surface area contributed by atoms with Crippen molar-refractivity contribution >= 4 is 16.5 Å². The van der Waals surface area contributed by atoms with Crippen LogP contribution in [0.25, 0.3) is 10.8 Å². The number of ether oxygens (including phenoxy) is 1. The van der Waals surface area contributed by atoms with Gasteiger partial charge in [-0.1, -0.05) is 48.5 Å². The quantitative estimate of drug-likeness (QED) is 0.643. The van der Waals surface area contributed by atoms with Crippen LogP contribution in [0.4, 0.5) is 5.69 Å². The SMILES string of the molecule is Cc1cccc(OCCCNc2cccc3ccccc23)c1. The Morgan fingerprint density at radius 1 is 0.909 bits per heavy atom. The van der Waals surface area contributed by atoms with Crippen molar-refractivity contribution in [2.45, 2.75) is 13.3 Å². The maximum absolute atomic E-state index is 5.77. The normalized spacial score (nSPS) is 10.6. The van der Waals surface area contributed by atoms with E-state index in [0.29, 0.717) is 0 Å². The van der Waals surface area contributed by atoms with Gasteiger partial charge in [0.25, 0.3) is 0 Å². The zero-order chi connectivity index (χ0) is 15.2. The summed E-state index contributed by atoms with van der Waals surface area (Å²) < 4.78 is 5.77. The Balaban J connectivity index is 1.50. The number of aryl methyl sites for hydroxylation is 1. The molecule has 0 atom stereocenters. The summed E-state index contributed by atoms with van der Waals surface area (Å²) in [4.78, 5) is 0. The van der Waals surface area contributed by atoms with Crippen LogP contribution in [0.2, 0.25) is 0 Å². The van der Waals surface area contributed by atoms with Crippen LogP contribution in [0.1, 0.15) is 12.0 Å². The maximum Gasteiger partial charge on any atom is 0.119 e. The molecule has 0 unspecified atom stereocenters. The second kappa shape index (κ2) is 6.99. The van der Waals surface area contributed by atoms with E-state index in [-0.39, 0.29) is 0 Å². The van der Waals surface area contributed by atoms with Crippen LogP contribution in [0, 0.1) is 6.92 Å². The van der Waals surface area contributed by atoms with Crippen molar-refractivity contribution in [2.75, 3.05) is 18.5 Å². The van der Waals surface area contributed by atoms with Gasteiger partial charge in [-0.2, -0.15) is 0 Å². The van der Waals surface area contributed by atoms with Gasteiger partial charge in [-0.15, -0.1) is 0 Å². The molecule has 0 saturated heterocycles. The van der Waals surface area contributed by atoms with E-state index in [4.69, 9.17) is 4.74 Å². The molecular formula is C20H21NO. The van der Waals surface area contributed by atoms with Gasteiger partial charge in [0, 0.05) is 17.6 Å². The molecule has 0 fully saturated rings. The van der Waals surface area contributed by atoms with Gasteiger partial charge in [0.05, 0.1) is 6.61 Å². The van der Waals surface area contributed by atoms with E-state index in [1.54, 1.807) is 0 Å². The van der Waals surface area contributed by atoms with Crippen LogP contribution >= 0.6 is 0 Å². The van der Waals surface area contributed by atoms with E-state index in [9.17, 15) is 0 Å². The molecule has 0 saturated carbocycles. The molecule has 22 heavy (non-hydrogen) atoms. The summed E-state index contributed by atoms with van der Waals surface area (Å²) in [5.41, 5.74) is 2.42. The lowest BCUT2D eigenvalue weighted by atomic mass is 10.1. The lowest BCUT2D eigenvalue weighted by molar-refractivity contribution is 0.315. The van der Waals surface area contributed by atoms with E-state index in [1.807, 2.05) is 12.1 Å². The minimum absolute atomic E-state index is 0.723. The summed E-state index contributed by atoms with van der Waals surface area (Å²) in [7, 11) is 0. The van der Waals surface area contributed by atoms with Crippen LogP contribution in [0.15, 0.2) is 66.7 Å². The third-order valence-electron chi connectivity index (χ3n) is 3.68. The van der Waals surface area contributed by atoms with Crippen LogP contribution < -0.4 is 10.1 Å². The van der Waals surface area contributed by atoms with Gasteiger partial charge in [-0.3, -0.25) is 0 Å². The Kier molecular flexibility index (Phi) is 4.59. The highest BCUT2D eigenvalue weighted by Crippen LogP contribution is 2.22. The molecule has 3 rings (SSSR count). The molecule has 0 aliphatic rings. The van der Waals surface area contributed by atoms with Gasteiger partial charge in [0.2, 0.25) is 0 Å². The van der Waals surface area contributed by atoms with E-state index < -0.39 is 0 Å². The molecule has 112 valence electrons. The summed E-state index contributed by atoms with van der Waals surface area (Å²) in [5.74, 6) is 0.949. The zero-order valence-corrected chi connectivity index (χ0v) is 12.9. The van der Waals surface area contributed by atoms with Crippen molar-refractivity contribution in [3.8, 4) is 5.75 Å². The standard InChI is InChI=1S/C20H21NO/c1-16-7-4-10-18(15-16)22-14-6-13-21-20-12-5-9-17-8-2-3-11-19(17)20/h2-5,7-12,15,21H,6,13-14H2,1H3. The van der Waals surface area contributed by atoms with Gasteiger partial charge in [-0.05, 0) is 42.5 Å². The Labute approximate surface area is 131 Å². The van der Waals surface area contributed by atoms with Crippen molar-refractivity contribution in [2.24, 2.45) is 0 Å². The summed E-state index contributed by atoms with van der Waals surface area (Å²) in [5, 5.41) is 6.04. The third-order valence-corrected chi connectivity index (χ3v) is 3.68. The molecule has 1 N–H and O–H groups in total. The fourth-order valence-electron chi connectivity index (χ4n) is 2.57. The second-order valence-corrected chi connectivity index (χ2v) is 5.47. The molecule has 0 amide bonds. The van der Waals surface area contributed by atoms with Gasteiger partial charge in [-0.25, -0.2) is 0 Å². The molecular weight excluding hydrogens is 270 g/mol. The smallest absolute Gasteiger partial charge is 0.119 e. The maximum atomic E-state index is 5.77. The van der Waals surface area contributed by atoms with E-state index in [2.05, 4.69) is 66.8 Å². The second-order valence-electron chi connectivity index (χ2n) is 5.47. The molecule has 0 aliphatic carbocycles. The Morgan fingerprint density at radius 2 is 1.73 bits per heavy atom. The van der Waals surface area contributed by atoms with Gasteiger partial charge in [0.1, 0.15) is 5.75 Å². The number of hydrogen-bond donors (Lipinski definition) is 1. The number of anilines is 1. The first-order chi connectivity index (χ1) is 10.8. The van der Waals surface area contributed by atoms with Crippen LogP contribution in [0.5, 0.6) is 5.75 Å². The Morgan fingerprint density at radius 3 is 2.64 bits per heavy atom. The largest absolute Gasteiger partial charge is 0.494 e. The number of benzene rings is 3. The minimum Gasteiger partial charge on any atom is -0.494 e. The summed E-state index contributed by atoms with van der Waals surface area (Å²) in [6, 6.07) is 23.0. The van der Waals surface area contributed by atoms with Crippen molar-refractivity contribution in [1.29, 1.82) is 0 Å². The average Bonchev–Trinajstić information content (AvgIpc) is 2.55. The molecule has 0 radical (unpaired) electrons. The van der Waals surface area contributed by atoms with Crippen molar-refractivity contribution in [3.05, 3.63) is 72.3 Å². The number of hydrogen-bond acceptors (Lipinski definition) is 2. The fourth-order valence-corrected chi connectivity index (χ4v) is 2.57. The van der Waals surface area contributed by atoms with Gasteiger partial charge >= 0.3 is 0 Å². The summed E-state index contributed by atoms with van der Waals surface area (Å²) in [6.45, 7) is 3.70. The van der Waals surface area contributed by atoms with Crippen molar-refractivity contribution in [3.63, 3.8) is 0 Å². The van der Waals surface area contributed by atoms with Gasteiger partial charge < -0.3 is 10.1 Å². The summed E-state index contributed by atoms with van der Waals surface area (Å²) in [6.07, 6.45) is 0.969. The first-order valence-electron chi connectivity index (χ1n) is 7.74. The highest BCUT2D eigenvalue weighted by atomic mass is 16.5. The molecule has 0 aromatic heterocycles. The summed E-state index contributed by atoms with van der Waals surface area (Å²) >= 11 is 0. The lowest BCUT2D eigenvalue weighted by Gasteiger charge is -2.10. The van der Waals surface area contributed by atoms with Crippen LogP contribution in [0.3, 0.4) is 0 Å². The van der Waals surface area contributed by atoms with E-state index >= 15 is 0 Å². The first kappa shape index (κ1) is 14.5. The van der Waals surface area contributed by atoms with E-state index in [0.717, 1.165) is 25.3 Å². The monoisotopic (exact) mass is 291 g/mol. The molecule has 0 heterocycles. The lowest BCUT2D eigenvalue weighted by Crippen LogP contribution is -2.07. The molecule has 3 aromatic carbocycles. The molecule has 3 aromatic rings. The van der Waals surface area contributed by atoms with Crippen molar-refractivity contribution < 1.29 is 4.74 Å². The van der Waals surface area contributed by atoms with Crippen LogP contribution in [-0.2, 0) is 0 Å². The molecule has 0 bridgehead atoms. The number of rotatable bonds is 6. The Hall–Kier alpha value is -2.48. The van der Waals surface area contributed by atoms with Crippen molar-refractivity contribution in [1.82, 2.24) is 0 Å². The predicted octanol–water partition coefficient (Wildman–Crippen LogP) is 5.03. The minimum atomic E-state index is 0.723. The highest BCUT2D eigenvalue weighted by Gasteiger charge is 1.99. The fraction of sp³-hybridized carbons (Fsp3) is 0.200. The van der Waals surface area contributed by atoms with Crippen LogP contribution in [-0.4, -0.2) is 13.2 Å². The Bertz CT molecular complexity index is 746. The van der Waals surface area contributed by atoms with E-state index in [1.165, 1.54) is 22.0 Å². The number of fused-ring (bicyclic) bond motifs is 1. The molecule has 2 nitrogen and oxygen atoms in total. The molecule has 0 aliphatic heterocycles. The van der Waals surface area contributed by atoms with Gasteiger partial charge in [0.15, 0.2) is 0 Å². The predicted molar refractivity (Wildman–Crippen MR) is 93.7 cm³/mol. The third kappa shape index (κ3) is 3.59. The molecule has 0 spiro atoms. The topological polar surface area (TPSA) is 21.3 Å². The molecule has 2 heteroatoms. The number of nitrogens with one attached hydrogen (secondary N) is 1.